The molecule has 0 aliphatic carbocycles. The summed E-state index contributed by atoms with van der Waals surface area (Å²) in [5.41, 5.74) is 7.04. The van der Waals surface area contributed by atoms with E-state index in [9.17, 15) is 22.8 Å². The molecular formula is C16H20F3N3O2. The molecular weight excluding hydrogens is 323 g/mol. The van der Waals surface area contributed by atoms with Gasteiger partial charge in [-0.05, 0) is 36.5 Å². The predicted octanol–water partition coefficient (Wildman–Crippen LogP) is 1.73. The lowest BCUT2D eigenvalue weighted by Gasteiger charge is -2.32. The second kappa shape index (κ2) is 7.55. The largest absolute Gasteiger partial charge is 0.471 e. The maximum Gasteiger partial charge on any atom is 0.471 e. The monoisotopic (exact) mass is 343 g/mol. The molecule has 0 unspecified atom stereocenters. The smallest absolute Gasteiger partial charge is 0.399 e. The fraction of sp³-hybridized carbons (Fsp3) is 0.500. The number of alkyl halides is 3. The van der Waals surface area contributed by atoms with Crippen LogP contribution in [0.3, 0.4) is 0 Å². The average Bonchev–Trinajstić information content (AvgIpc) is 2.54. The molecule has 5 nitrogen and oxygen atoms in total. The Morgan fingerprint density at radius 3 is 2.29 bits per heavy atom. The van der Waals surface area contributed by atoms with E-state index >= 15 is 0 Å². The summed E-state index contributed by atoms with van der Waals surface area (Å²) in [4.78, 5) is 23.9. The molecule has 1 aliphatic rings. The van der Waals surface area contributed by atoms with Gasteiger partial charge in [-0.3, -0.25) is 9.59 Å². The van der Waals surface area contributed by atoms with Crippen molar-refractivity contribution in [1.29, 1.82) is 0 Å². The molecule has 0 atom stereocenters. The van der Waals surface area contributed by atoms with Crippen LogP contribution in [-0.2, 0) is 16.0 Å². The molecule has 0 radical (unpaired) electrons. The molecule has 1 fully saturated rings. The molecule has 132 valence electrons. The summed E-state index contributed by atoms with van der Waals surface area (Å²) in [7, 11) is 0. The lowest BCUT2D eigenvalue weighted by atomic mass is 9.96. The second-order valence-electron chi connectivity index (χ2n) is 5.96. The predicted molar refractivity (Wildman–Crippen MR) is 82.9 cm³/mol. The van der Waals surface area contributed by atoms with Crippen molar-refractivity contribution in [3.63, 3.8) is 0 Å². The van der Waals surface area contributed by atoms with Crippen LogP contribution in [0, 0.1) is 5.92 Å². The standard InChI is InChI=1S/C16H20F3N3O2/c17-16(18,19)15(24)22-7-5-12(6-8-22)10-21-14(23)9-11-1-3-13(20)4-2-11/h1-4,12H,5-10,20H2,(H,21,23). The van der Waals surface area contributed by atoms with Crippen molar-refractivity contribution in [2.75, 3.05) is 25.4 Å². The molecule has 24 heavy (non-hydrogen) atoms. The molecule has 1 heterocycles. The van der Waals surface area contributed by atoms with Crippen LogP contribution in [0.15, 0.2) is 24.3 Å². The Hall–Kier alpha value is -2.25. The molecule has 1 aliphatic heterocycles. The molecule has 2 rings (SSSR count). The SMILES string of the molecule is Nc1ccc(CC(=O)NCC2CCN(C(=O)C(F)(F)F)CC2)cc1. The minimum Gasteiger partial charge on any atom is -0.399 e. The topological polar surface area (TPSA) is 75.4 Å². The van der Waals surface area contributed by atoms with Crippen molar-refractivity contribution in [3.05, 3.63) is 29.8 Å². The van der Waals surface area contributed by atoms with Crippen LogP contribution >= 0.6 is 0 Å². The van der Waals surface area contributed by atoms with Gasteiger partial charge in [0.15, 0.2) is 0 Å². The Morgan fingerprint density at radius 2 is 1.75 bits per heavy atom. The van der Waals surface area contributed by atoms with Gasteiger partial charge >= 0.3 is 12.1 Å². The van der Waals surface area contributed by atoms with Crippen LogP contribution < -0.4 is 11.1 Å². The van der Waals surface area contributed by atoms with Crippen molar-refractivity contribution in [1.82, 2.24) is 10.2 Å². The zero-order valence-electron chi connectivity index (χ0n) is 13.1. The number of carbonyl (C=O) groups is 2. The molecule has 1 aromatic carbocycles. The van der Waals surface area contributed by atoms with E-state index in [0.717, 1.165) is 10.5 Å². The van der Waals surface area contributed by atoms with Gasteiger partial charge in [0, 0.05) is 25.3 Å². The Labute approximate surface area is 138 Å². The maximum absolute atomic E-state index is 12.4. The first-order valence-electron chi connectivity index (χ1n) is 7.73. The van der Waals surface area contributed by atoms with E-state index in [4.69, 9.17) is 5.73 Å². The van der Waals surface area contributed by atoms with Gasteiger partial charge in [-0.15, -0.1) is 0 Å². The minimum atomic E-state index is -4.82. The van der Waals surface area contributed by atoms with Gasteiger partial charge in [0.05, 0.1) is 6.42 Å². The molecule has 0 bridgehead atoms. The number of hydrogen-bond donors (Lipinski definition) is 2. The molecule has 8 heteroatoms. The van der Waals surface area contributed by atoms with Crippen LogP contribution in [0.2, 0.25) is 0 Å². The lowest BCUT2D eigenvalue weighted by Crippen LogP contribution is -2.46. The number of nitrogens with zero attached hydrogens (tertiary/aromatic N) is 1. The molecule has 1 saturated heterocycles. The number of halogens is 3. The van der Waals surface area contributed by atoms with Crippen molar-refractivity contribution < 1.29 is 22.8 Å². The summed E-state index contributed by atoms with van der Waals surface area (Å²) in [6, 6.07) is 6.98. The van der Waals surface area contributed by atoms with Crippen molar-refractivity contribution in [2.24, 2.45) is 5.92 Å². The van der Waals surface area contributed by atoms with Crippen LogP contribution in [0.4, 0.5) is 18.9 Å². The number of nitrogen functional groups attached to an aromatic ring is 1. The van der Waals surface area contributed by atoms with Crippen molar-refractivity contribution >= 4 is 17.5 Å². The number of amides is 2. The summed E-state index contributed by atoms with van der Waals surface area (Å²) < 4.78 is 37.1. The second-order valence-corrected chi connectivity index (χ2v) is 5.96. The van der Waals surface area contributed by atoms with Crippen LogP contribution in [0.1, 0.15) is 18.4 Å². The van der Waals surface area contributed by atoms with E-state index in [1.54, 1.807) is 24.3 Å². The molecule has 2 amide bonds. The van der Waals surface area contributed by atoms with Gasteiger partial charge in [0.2, 0.25) is 5.91 Å². The highest BCUT2D eigenvalue weighted by atomic mass is 19.4. The zero-order chi connectivity index (χ0) is 17.7. The molecule has 0 aromatic heterocycles. The first kappa shape index (κ1) is 18.1. The zero-order valence-corrected chi connectivity index (χ0v) is 13.1. The number of anilines is 1. The lowest BCUT2D eigenvalue weighted by molar-refractivity contribution is -0.186. The number of benzene rings is 1. The summed E-state index contributed by atoms with van der Waals surface area (Å²) in [5.74, 6) is -1.85. The average molecular weight is 343 g/mol. The quantitative estimate of drug-likeness (QED) is 0.818. The van der Waals surface area contributed by atoms with Crippen molar-refractivity contribution in [2.45, 2.75) is 25.4 Å². The highest BCUT2D eigenvalue weighted by molar-refractivity contribution is 5.82. The van der Waals surface area contributed by atoms with Gasteiger partial charge in [-0.2, -0.15) is 13.2 Å². The third kappa shape index (κ3) is 5.14. The fourth-order valence-electron chi connectivity index (χ4n) is 2.66. The van der Waals surface area contributed by atoms with E-state index in [2.05, 4.69) is 5.32 Å². The van der Waals surface area contributed by atoms with Gasteiger partial charge in [-0.25, -0.2) is 0 Å². The van der Waals surface area contributed by atoms with E-state index in [1.165, 1.54) is 0 Å². The van der Waals surface area contributed by atoms with E-state index in [-0.39, 0.29) is 31.3 Å². The first-order valence-corrected chi connectivity index (χ1v) is 7.73. The third-order valence-electron chi connectivity index (χ3n) is 4.08. The number of likely N-dealkylation sites (tertiary alicyclic amines) is 1. The maximum atomic E-state index is 12.4. The Bertz CT molecular complexity index is 579. The minimum absolute atomic E-state index is 0.0663. The Balaban J connectivity index is 1.71. The van der Waals surface area contributed by atoms with Crippen LogP contribution in [-0.4, -0.2) is 42.5 Å². The summed E-state index contributed by atoms with van der Waals surface area (Å²) in [6.45, 7) is 0.537. The number of nitrogens with one attached hydrogen (secondary N) is 1. The fourth-order valence-corrected chi connectivity index (χ4v) is 2.66. The normalized spacial score (nSPS) is 16.0. The van der Waals surface area contributed by atoms with E-state index < -0.39 is 12.1 Å². The number of hydrogen-bond acceptors (Lipinski definition) is 3. The van der Waals surface area contributed by atoms with Gasteiger partial charge in [-0.1, -0.05) is 12.1 Å². The molecule has 3 N–H and O–H groups in total. The summed E-state index contributed by atoms with van der Waals surface area (Å²) in [6.07, 6.45) is -3.69. The van der Waals surface area contributed by atoms with E-state index in [0.29, 0.717) is 25.1 Å². The van der Waals surface area contributed by atoms with Crippen LogP contribution in [0.5, 0.6) is 0 Å². The Kier molecular flexibility index (Phi) is 5.69. The van der Waals surface area contributed by atoms with Gasteiger partial charge < -0.3 is 16.0 Å². The number of piperidine rings is 1. The summed E-state index contributed by atoms with van der Waals surface area (Å²) in [5, 5.41) is 2.79. The van der Waals surface area contributed by atoms with Gasteiger partial charge in [0.25, 0.3) is 0 Å². The van der Waals surface area contributed by atoms with Gasteiger partial charge in [0.1, 0.15) is 0 Å². The molecule has 0 spiro atoms. The highest BCUT2D eigenvalue weighted by Crippen LogP contribution is 2.23. The third-order valence-corrected chi connectivity index (χ3v) is 4.08. The first-order chi connectivity index (χ1) is 11.3. The highest BCUT2D eigenvalue weighted by Gasteiger charge is 2.43. The number of nitrogens with two attached hydrogens (primary N) is 1. The molecule has 1 aromatic rings. The Morgan fingerprint density at radius 1 is 1.17 bits per heavy atom. The van der Waals surface area contributed by atoms with Crippen LogP contribution in [0.25, 0.3) is 0 Å². The van der Waals surface area contributed by atoms with Crippen molar-refractivity contribution in [3.8, 4) is 0 Å². The number of carbonyl (C=O) groups excluding carboxylic acids is 2. The summed E-state index contributed by atoms with van der Waals surface area (Å²) >= 11 is 0. The number of rotatable bonds is 4. The van der Waals surface area contributed by atoms with E-state index in [1.807, 2.05) is 0 Å². The molecule has 0 saturated carbocycles.